The van der Waals surface area contributed by atoms with E-state index in [0.717, 1.165) is 41.7 Å². The van der Waals surface area contributed by atoms with Crippen LogP contribution in [0.15, 0.2) is 42.0 Å². The highest BCUT2D eigenvalue weighted by atomic mass is 16.5. The normalized spacial score (nSPS) is 14.8. The summed E-state index contributed by atoms with van der Waals surface area (Å²) in [5.74, 6) is 1.26. The lowest BCUT2D eigenvalue weighted by molar-refractivity contribution is -0.118. The van der Waals surface area contributed by atoms with Gasteiger partial charge in [-0.2, -0.15) is 0 Å². The van der Waals surface area contributed by atoms with Crippen molar-refractivity contribution in [2.75, 3.05) is 7.11 Å². The number of benzene rings is 1. The first kappa shape index (κ1) is 17.2. The number of carbonyl (C=O) groups excluding carboxylic acids is 2. The van der Waals surface area contributed by atoms with Crippen molar-refractivity contribution < 1.29 is 14.3 Å². The first-order valence-electron chi connectivity index (χ1n) is 8.02. The summed E-state index contributed by atoms with van der Waals surface area (Å²) in [5, 5.41) is 0. The standard InChI is InChI=1S/C20H24O3/c1-14(7-8-15(2)21)11-17-9-10-18(22)13-20(17)16-5-4-6-19(12-16)23-3/h4-6,12H,1,7-11,13H2,2-3H3. The van der Waals surface area contributed by atoms with E-state index in [-0.39, 0.29) is 11.6 Å². The summed E-state index contributed by atoms with van der Waals surface area (Å²) in [6, 6.07) is 7.85. The third-order valence-corrected chi connectivity index (χ3v) is 4.22. The molecule has 1 aromatic carbocycles. The van der Waals surface area contributed by atoms with E-state index in [0.29, 0.717) is 19.3 Å². The molecule has 0 spiro atoms. The summed E-state index contributed by atoms with van der Waals surface area (Å²) in [5.41, 5.74) is 4.48. The van der Waals surface area contributed by atoms with E-state index in [2.05, 4.69) is 6.58 Å². The molecule has 0 radical (unpaired) electrons. The number of hydrogen-bond donors (Lipinski definition) is 0. The van der Waals surface area contributed by atoms with Crippen molar-refractivity contribution in [1.82, 2.24) is 0 Å². The molecular weight excluding hydrogens is 288 g/mol. The maximum atomic E-state index is 11.9. The Labute approximate surface area is 138 Å². The quantitative estimate of drug-likeness (QED) is 0.695. The minimum atomic E-state index is 0.187. The fourth-order valence-electron chi connectivity index (χ4n) is 2.91. The second-order valence-electron chi connectivity index (χ2n) is 6.16. The molecule has 1 aromatic rings. The largest absolute Gasteiger partial charge is 0.497 e. The van der Waals surface area contributed by atoms with Gasteiger partial charge in [-0.15, -0.1) is 0 Å². The van der Waals surface area contributed by atoms with Crippen molar-refractivity contribution in [1.29, 1.82) is 0 Å². The molecule has 0 aliphatic heterocycles. The Kier molecular flexibility index (Phi) is 5.91. The van der Waals surface area contributed by atoms with Gasteiger partial charge in [0.2, 0.25) is 0 Å². The zero-order chi connectivity index (χ0) is 16.8. The van der Waals surface area contributed by atoms with Gasteiger partial charge in [0.1, 0.15) is 17.3 Å². The molecule has 0 atom stereocenters. The zero-order valence-corrected chi connectivity index (χ0v) is 14.0. The Morgan fingerprint density at radius 1 is 1.26 bits per heavy atom. The molecule has 0 saturated heterocycles. The molecule has 0 unspecified atom stereocenters. The van der Waals surface area contributed by atoms with Crippen LogP contribution in [-0.4, -0.2) is 18.7 Å². The van der Waals surface area contributed by atoms with Crippen LogP contribution in [-0.2, 0) is 9.59 Å². The van der Waals surface area contributed by atoms with Crippen molar-refractivity contribution in [2.24, 2.45) is 0 Å². The fourth-order valence-corrected chi connectivity index (χ4v) is 2.91. The number of methoxy groups -OCH3 is 1. The molecule has 1 aliphatic rings. The molecule has 0 bridgehead atoms. The predicted molar refractivity (Wildman–Crippen MR) is 92.4 cm³/mol. The van der Waals surface area contributed by atoms with E-state index in [1.807, 2.05) is 24.3 Å². The number of hydrogen-bond acceptors (Lipinski definition) is 3. The predicted octanol–water partition coefficient (Wildman–Crippen LogP) is 4.52. The van der Waals surface area contributed by atoms with Crippen LogP contribution >= 0.6 is 0 Å². The molecule has 0 heterocycles. The fraction of sp³-hybridized carbons (Fsp3) is 0.400. The number of Topliss-reactive ketones (excluding diaryl/α,β-unsaturated/α-hetero) is 2. The minimum absolute atomic E-state index is 0.187. The van der Waals surface area contributed by atoms with Gasteiger partial charge in [-0.05, 0) is 49.5 Å². The minimum Gasteiger partial charge on any atom is -0.497 e. The molecule has 3 nitrogen and oxygen atoms in total. The summed E-state index contributed by atoms with van der Waals surface area (Å²) >= 11 is 0. The highest BCUT2D eigenvalue weighted by Crippen LogP contribution is 2.35. The van der Waals surface area contributed by atoms with Crippen LogP contribution in [0.2, 0.25) is 0 Å². The Hall–Kier alpha value is -2.16. The van der Waals surface area contributed by atoms with Crippen LogP contribution in [0.4, 0.5) is 0 Å². The Bertz CT molecular complexity index is 653. The molecule has 23 heavy (non-hydrogen) atoms. The SMILES string of the molecule is C=C(CCC(C)=O)CC1=C(c2cccc(OC)c2)CC(=O)CC1. The molecule has 1 aliphatic carbocycles. The van der Waals surface area contributed by atoms with Gasteiger partial charge in [0.05, 0.1) is 7.11 Å². The molecule has 0 saturated carbocycles. The highest BCUT2D eigenvalue weighted by Gasteiger charge is 2.20. The molecule has 0 aromatic heterocycles. The topological polar surface area (TPSA) is 43.4 Å². The molecule has 3 heteroatoms. The number of ether oxygens (including phenoxy) is 1. The van der Waals surface area contributed by atoms with Crippen molar-refractivity contribution in [3.63, 3.8) is 0 Å². The van der Waals surface area contributed by atoms with E-state index in [1.165, 1.54) is 5.57 Å². The summed E-state index contributed by atoms with van der Waals surface area (Å²) in [6.07, 6.45) is 3.89. The van der Waals surface area contributed by atoms with E-state index in [9.17, 15) is 9.59 Å². The third kappa shape index (κ3) is 4.92. The van der Waals surface area contributed by atoms with Gasteiger partial charge in [-0.1, -0.05) is 29.9 Å². The van der Waals surface area contributed by atoms with Crippen molar-refractivity contribution >= 4 is 17.1 Å². The van der Waals surface area contributed by atoms with Crippen LogP contribution < -0.4 is 4.74 Å². The van der Waals surface area contributed by atoms with Gasteiger partial charge in [0.15, 0.2) is 0 Å². The monoisotopic (exact) mass is 312 g/mol. The molecule has 0 N–H and O–H groups in total. The summed E-state index contributed by atoms with van der Waals surface area (Å²) in [4.78, 5) is 23.0. The Balaban J connectivity index is 2.24. The molecule has 2 rings (SSSR count). The molecular formula is C20H24O3. The lowest BCUT2D eigenvalue weighted by Gasteiger charge is -2.21. The molecule has 122 valence electrons. The molecule has 0 fully saturated rings. The Morgan fingerprint density at radius 3 is 2.74 bits per heavy atom. The second kappa shape index (κ2) is 7.91. The van der Waals surface area contributed by atoms with Gasteiger partial charge in [0, 0.05) is 19.3 Å². The van der Waals surface area contributed by atoms with Crippen LogP contribution in [0.5, 0.6) is 5.75 Å². The van der Waals surface area contributed by atoms with Crippen LogP contribution in [0.1, 0.15) is 51.0 Å². The third-order valence-electron chi connectivity index (χ3n) is 4.22. The first-order chi connectivity index (χ1) is 11.0. The van der Waals surface area contributed by atoms with Crippen molar-refractivity contribution in [2.45, 2.75) is 45.4 Å². The lowest BCUT2D eigenvalue weighted by atomic mass is 9.83. The van der Waals surface area contributed by atoms with Crippen LogP contribution in [0, 0.1) is 0 Å². The Morgan fingerprint density at radius 2 is 2.04 bits per heavy atom. The maximum absolute atomic E-state index is 11.9. The van der Waals surface area contributed by atoms with Gasteiger partial charge in [0.25, 0.3) is 0 Å². The molecule has 0 amide bonds. The van der Waals surface area contributed by atoms with E-state index >= 15 is 0 Å². The second-order valence-corrected chi connectivity index (χ2v) is 6.16. The van der Waals surface area contributed by atoms with Gasteiger partial charge in [-0.3, -0.25) is 4.79 Å². The number of ketones is 2. The number of allylic oxidation sites excluding steroid dienone is 3. The van der Waals surface area contributed by atoms with E-state index in [1.54, 1.807) is 14.0 Å². The smallest absolute Gasteiger partial charge is 0.137 e. The first-order valence-corrected chi connectivity index (χ1v) is 8.02. The van der Waals surface area contributed by atoms with Crippen molar-refractivity contribution in [3.8, 4) is 5.75 Å². The zero-order valence-electron chi connectivity index (χ0n) is 14.0. The summed E-state index contributed by atoms with van der Waals surface area (Å²) in [6.45, 7) is 5.71. The number of carbonyl (C=O) groups is 2. The van der Waals surface area contributed by atoms with Gasteiger partial charge >= 0.3 is 0 Å². The van der Waals surface area contributed by atoms with E-state index in [4.69, 9.17) is 4.74 Å². The summed E-state index contributed by atoms with van der Waals surface area (Å²) in [7, 11) is 1.64. The van der Waals surface area contributed by atoms with Gasteiger partial charge < -0.3 is 9.53 Å². The lowest BCUT2D eigenvalue weighted by Crippen LogP contribution is -2.10. The van der Waals surface area contributed by atoms with E-state index < -0.39 is 0 Å². The van der Waals surface area contributed by atoms with Crippen LogP contribution in [0.3, 0.4) is 0 Å². The summed E-state index contributed by atoms with van der Waals surface area (Å²) < 4.78 is 5.29. The average Bonchev–Trinajstić information content (AvgIpc) is 2.54. The average molecular weight is 312 g/mol. The maximum Gasteiger partial charge on any atom is 0.137 e. The van der Waals surface area contributed by atoms with Gasteiger partial charge in [-0.25, -0.2) is 0 Å². The highest BCUT2D eigenvalue weighted by molar-refractivity contribution is 5.93. The van der Waals surface area contributed by atoms with Crippen LogP contribution in [0.25, 0.3) is 5.57 Å². The number of rotatable bonds is 7. The van der Waals surface area contributed by atoms with Crippen molar-refractivity contribution in [3.05, 3.63) is 47.6 Å².